The first-order chi connectivity index (χ1) is 5.34. The summed E-state index contributed by atoms with van der Waals surface area (Å²) in [6.07, 6.45) is 1.10. The molecular formula is C9H9FO. The van der Waals surface area contributed by atoms with Gasteiger partial charge in [0.15, 0.2) is 0 Å². The van der Waals surface area contributed by atoms with Crippen molar-refractivity contribution in [2.45, 2.75) is 12.8 Å². The molecule has 1 nitrogen and oxygen atoms in total. The first kappa shape index (κ1) is 8.03. The molecule has 58 valence electrons. The molecule has 1 aromatic rings. The van der Waals surface area contributed by atoms with Gasteiger partial charge in [-0.1, -0.05) is 12.1 Å². The van der Waals surface area contributed by atoms with Crippen molar-refractivity contribution >= 4 is 0 Å². The minimum atomic E-state index is -0.266. The Morgan fingerprint density at radius 1 is 1.55 bits per heavy atom. The maximum atomic E-state index is 12.8. The molecule has 11 heavy (non-hydrogen) atoms. The Labute approximate surface area is 65.5 Å². The van der Waals surface area contributed by atoms with Crippen molar-refractivity contribution in [2.24, 2.45) is 0 Å². The van der Waals surface area contributed by atoms with Crippen molar-refractivity contribution in [1.29, 1.82) is 0 Å². The molecule has 0 atom stereocenters. The highest BCUT2D eigenvalue weighted by Gasteiger charge is 1.97. The highest BCUT2D eigenvalue weighted by Crippen LogP contribution is 2.04. The fraction of sp³-hybridized carbons (Fsp3) is 0.333. The molecule has 0 aromatic heterocycles. The predicted octanol–water partition coefficient (Wildman–Crippen LogP) is 1.35. The average molecular weight is 152 g/mol. The van der Waals surface area contributed by atoms with Crippen LogP contribution in [0.5, 0.6) is 0 Å². The van der Waals surface area contributed by atoms with Crippen LogP contribution in [0.4, 0.5) is 4.39 Å². The average Bonchev–Trinajstić information content (AvgIpc) is 2.03. The Bertz CT molecular complexity index is 223. The molecule has 0 heterocycles. The van der Waals surface area contributed by atoms with Crippen LogP contribution >= 0.6 is 0 Å². The van der Waals surface area contributed by atoms with Gasteiger partial charge in [0.05, 0.1) is 0 Å². The largest absolute Gasteiger partial charge is 0.396 e. The van der Waals surface area contributed by atoms with Gasteiger partial charge < -0.3 is 5.11 Å². The number of aliphatic hydroxyl groups is 1. The fourth-order valence-electron chi connectivity index (χ4n) is 0.842. The monoisotopic (exact) mass is 152 g/mol. The van der Waals surface area contributed by atoms with Gasteiger partial charge in [0.1, 0.15) is 5.82 Å². The lowest BCUT2D eigenvalue weighted by Crippen LogP contribution is -1.91. The zero-order valence-electron chi connectivity index (χ0n) is 6.10. The number of rotatable bonds is 3. The van der Waals surface area contributed by atoms with Crippen molar-refractivity contribution in [1.82, 2.24) is 0 Å². The van der Waals surface area contributed by atoms with Crippen LogP contribution in [0.25, 0.3) is 0 Å². The highest BCUT2D eigenvalue weighted by molar-refractivity contribution is 5.10. The fourth-order valence-corrected chi connectivity index (χ4v) is 0.842. The van der Waals surface area contributed by atoms with E-state index in [1.165, 1.54) is 12.1 Å². The second kappa shape index (κ2) is 3.95. The summed E-state index contributed by atoms with van der Waals surface area (Å²) in [6, 6.07) is 8.16. The maximum Gasteiger partial charge on any atom is 0.135 e. The smallest absolute Gasteiger partial charge is 0.135 e. The van der Waals surface area contributed by atoms with E-state index in [1.54, 1.807) is 0 Å². The molecule has 0 radical (unpaired) electrons. The summed E-state index contributed by atoms with van der Waals surface area (Å²) in [4.78, 5) is 0. The summed E-state index contributed by atoms with van der Waals surface area (Å²) in [6.45, 7) is 0.0855. The quantitative estimate of drug-likeness (QED) is 0.693. The Hall–Kier alpha value is -1.07. The van der Waals surface area contributed by atoms with Gasteiger partial charge in [-0.3, -0.25) is 0 Å². The second-order valence-corrected chi connectivity index (χ2v) is 2.26. The summed E-state index contributed by atoms with van der Waals surface area (Å²) in [5, 5.41) is 8.47. The van der Waals surface area contributed by atoms with Crippen LogP contribution in [0.2, 0.25) is 0 Å². The minimum Gasteiger partial charge on any atom is -0.396 e. The van der Waals surface area contributed by atoms with E-state index >= 15 is 0 Å². The molecule has 0 saturated carbocycles. The third kappa shape index (κ3) is 2.21. The molecule has 0 spiro atoms. The Kier molecular flexibility index (Phi) is 2.88. The molecule has 0 bridgehead atoms. The summed E-state index contributed by atoms with van der Waals surface area (Å²) in [7, 11) is 0. The van der Waals surface area contributed by atoms with Gasteiger partial charge >= 0.3 is 0 Å². The summed E-state index contributed by atoms with van der Waals surface area (Å²) < 4.78 is 12.8. The van der Waals surface area contributed by atoms with Gasteiger partial charge in [0.25, 0.3) is 0 Å². The SMILES string of the molecule is OCCCc1c#cccc1F. The van der Waals surface area contributed by atoms with E-state index in [0.29, 0.717) is 18.4 Å². The molecule has 0 aliphatic carbocycles. The zero-order valence-corrected chi connectivity index (χ0v) is 6.10. The minimum absolute atomic E-state index is 0.0855. The molecule has 0 fully saturated rings. The summed E-state index contributed by atoms with van der Waals surface area (Å²) in [5.41, 5.74) is 0.501. The zero-order chi connectivity index (χ0) is 8.10. The summed E-state index contributed by atoms with van der Waals surface area (Å²) >= 11 is 0. The molecule has 0 aliphatic heterocycles. The summed E-state index contributed by atoms with van der Waals surface area (Å²) in [5.74, 6) is -0.266. The predicted molar refractivity (Wildman–Crippen MR) is 39.5 cm³/mol. The first-order valence-corrected chi connectivity index (χ1v) is 3.52. The van der Waals surface area contributed by atoms with Gasteiger partial charge in [-0.25, -0.2) is 4.39 Å². The first-order valence-electron chi connectivity index (χ1n) is 3.52. The third-order valence-electron chi connectivity index (χ3n) is 1.41. The van der Waals surface area contributed by atoms with E-state index in [0.717, 1.165) is 0 Å². The molecule has 1 rings (SSSR count). The van der Waals surface area contributed by atoms with Crippen LogP contribution in [0.3, 0.4) is 0 Å². The Balaban J connectivity index is 2.62. The van der Waals surface area contributed by atoms with Crippen LogP contribution in [-0.2, 0) is 6.42 Å². The Morgan fingerprint density at radius 3 is 3.00 bits per heavy atom. The van der Waals surface area contributed by atoms with Crippen molar-refractivity contribution in [3.05, 3.63) is 35.6 Å². The molecular weight excluding hydrogens is 143 g/mol. The van der Waals surface area contributed by atoms with Crippen LogP contribution in [0.15, 0.2) is 12.1 Å². The van der Waals surface area contributed by atoms with E-state index in [1.807, 2.05) is 0 Å². The highest BCUT2D eigenvalue weighted by atomic mass is 19.1. The molecule has 0 saturated heterocycles. The van der Waals surface area contributed by atoms with Crippen LogP contribution < -0.4 is 0 Å². The van der Waals surface area contributed by atoms with Crippen LogP contribution in [-0.4, -0.2) is 11.7 Å². The van der Waals surface area contributed by atoms with Gasteiger partial charge in [-0.05, 0) is 25.0 Å². The molecule has 0 amide bonds. The Morgan fingerprint density at radius 2 is 2.36 bits per heavy atom. The maximum absolute atomic E-state index is 12.8. The van der Waals surface area contributed by atoms with Crippen molar-refractivity contribution in [3.8, 4) is 0 Å². The molecule has 0 aliphatic rings. The lowest BCUT2D eigenvalue weighted by Gasteiger charge is -1.95. The number of hydrogen-bond donors (Lipinski definition) is 1. The second-order valence-electron chi connectivity index (χ2n) is 2.26. The van der Waals surface area contributed by atoms with Crippen molar-refractivity contribution in [2.75, 3.05) is 6.61 Å². The molecule has 0 unspecified atom stereocenters. The van der Waals surface area contributed by atoms with Crippen LogP contribution in [0.1, 0.15) is 12.0 Å². The number of hydrogen-bond acceptors (Lipinski definition) is 1. The molecule has 1 N–H and O–H groups in total. The third-order valence-corrected chi connectivity index (χ3v) is 1.41. The standard InChI is InChI=1S/C9H9FO/c10-9-6-2-1-4-8(9)5-3-7-11/h2,6,11H,3,5,7H2. The van der Waals surface area contributed by atoms with E-state index < -0.39 is 0 Å². The lowest BCUT2D eigenvalue weighted by molar-refractivity contribution is 0.288. The van der Waals surface area contributed by atoms with Crippen molar-refractivity contribution in [3.63, 3.8) is 0 Å². The van der Waals surface area contributed by atoms with Gasteiger partial charge in [0, 0.05) is 12.2 Å². The lowest BCUT2D eigenvalue weighted by atomic mass is 10.1. The van der Waals surface area contributed by atoms with Gasteiger partial charge in [-0.15, -0.1) is 0 Å². The van der Waals surface area contributed by atoms with Gasteiger partial charge in [-0.2, -0.15) is 0 Å². The molecule has 2 heteroatoms. The van der Waals surface area contributed by atoms with Gasteiger partial charge in [0.2, 0.25) is 0 Å². The molecule has 1 aromatic carbocycles. The van der Waals surface area contributed by atoms with E-state index in [9.17, 15) is 4.39 Å². The van der Waals surface area contributed by atoms with E-state index in [2.05, 4.69) is 12.1 Å². The topological polar surface area (TPSA) is 20.2 Å². The number of aliphatic hydroxyl groups excluding tert-OH is 1. The van der Waals surface area contributed by atoms with Crippen LogP contribution in [0, 0.1) is 17.9 Å². The normalized spacial score (nSPS) is 9.27. The number of halogens is 1. The van der Waals surface area contributed by atoms with Crippen molar-refractivity contribution < 1.29 is 9.50 Å². The van der Waals surface area contributed by atoms with E-state index in [-0.39, 0.29) is 12.4 Å². The van der Waals surface area contributed by atoms with E-state index in [4.69, 9.17) is 5.11 Å².